The van der Waals surface area contributed by atoms with Crippen molar-refractivity contribution in [1.82, 2.24) is 0 Å². The molecular weight excluding hydrogens is 260 g/mol. The molecule has 2 aliphatic heterocycles. The van der Waals surface area contributed by atoms with Crippen LogP contribution in [0.15, 0.2) is 30.3 Å². The normalized spacial score (nSPS) is 36.2. The predicted molar refractivity (Wildman–Crippen MR) is 70.9 cm³/mol. The molecule has 2 saturated heterocycles. The van der Waals surface area contributed by atoms with Crippen molar-refractivity contribution in [3.8, 4) is 0 Å². The number of hydrogen-bond acceptors (Lipinski definition) is 5. The fourth-order valence-corrected chi connectivity index (χ4v) is 2.81. The average Bonchev–Trinajstić information content (AvgIpc) is 2.95. The van der Waals surface area contributed by atoms with Crippen LogP contribution in [-0.2, 0) is 20.8 Å². The van der Waals surface area contributed by atoms with Gasteiger partial charge in [0.1, 0.15) is 12.2 Å². The zero-order chi connectivity index (χ0) is 13.9. The van der Waals surface area contributed by atoms with Crippen LogP contribution in [0.25, 0.3) is 0 Å². The maximum atomic E-state index is 10.1. The van der Waals surface area contributed by atoms with Crippen molar-refractivity contribution in [2.75, 3.05) is 6.61 Å². The molecule has 3 rings (SSSR count). The number of ether oxygens (including phenoxy) is 3. The summed E-state index contributed by atoms with van der Waals surface area (Å²) < 4.78 is 16.5. The number of fused-ring (bicyclic) bond motifs is 1. The third-order valence-electron chi connectivity index (χ3n) is 3.84. The molecule has 110 valence electrons. The summed E-state index contributed by atoms with van der Waals surface area (Å²) in [7, 11) is 0. The quantitative estimate of drug-likeness (QED) is 0.782. The summed E-state index contributed by atoms with van der Waals surface area (Å²) in [6.45, 7) is 1.09. The average molecular weight is 280 g/mol. The summed E-state index contributed by atoms with van der Waals surface area (Å²) >= 11 is 0. The second kappa shape index (κ2) is 6.20. The lowest BCUT2D eigenvalue weighted by molar-refractivity contribution is -0.123. The van der Waals surface area contributed by atoms with Gasteiger partial charge in [0.2, 0.25) is 0 Å². The Bertz CT molecular complexity index is 424. The number of rotatable bonds is 5. The minimum Gasteiger partial charge on any atom is -0.388 e. The summed E-state index contributed by atoms with van der Waals surface area (Å²) in [5, 5.41) is 19.4. The van der Waals surface area contributed by atoms with Gasteiger partial charge in [0.05, 0.1) is 18.8 Å². The van der Waals surface area contributed by atoms with Crippen LogP contribution in [0.5, 0.6) is 0 Å². The van der Waals surface area contributed by atoms with Gasteiger partial charge in [-0.1, -0.05) is 30.3 Å². The zero-order valence-electron chi connectivity index (χ0n) is 11.2. The molecule has 2 unspecified atom stereocenters. The second-order valence-corrected chi connectivity index (χ2v) is 5.32. The van der Waals surface area contributed by atoms with Crippen molar-refractivity contribution in [3.63, 3.8) is 0 Å². The van der Waals surface area contributed by atoms with Crippen LogP contribution in [-0.4, -0.2) is 47.5 Å². The van der Waals surface area contributed by atoms with E-state index in [4.69, 9.17) is 14.2 Å². The van der Waals surface area contributed by atoms with E-state index in [1.807, 2.05) is 30.3 Å². The summed E-state index contributed by atoms with van der Waals surface area (Å²) in [5.74, 6) is 0. The van der Waals surface area contributed by atoms with E-state index < -0.39 is 18.5 Å². The molecule has 20 heavy (non-hydrogen) atoms. The van der Waals surface area contributed by atoms with Crippen molar-refractivity contribution >= 4 is 0 Å². The monoisotopic (exact) mass is 280 g/mol. The van der Waals surface area contributed by atoms with Gasteiger partial charge in [0.15, 0.2) is 6.29 Å². The Morgan fingerprint density at radius 2 is 1.95 bits per heavy atom. The van der Waals surface area contributed by atoms with E-state index in [-0.39, 0.29) is 12.2 Å². The highest BCUT2D eigenvalue weighted by Gasteiger charge is 2.49. The minimum atomic E-state index is -0.810. The molecule has 2 heterocycles. The Hall–Kier alpha value is -0.980. The van der Waals surface area contributed by atoms with Gasteiger partial charge in [-0.25, -0.2) is 0 Å². The summed E-state index contributed by atoms with van der Waals surface area (Å²) in [6, 6.07) is 9.96. The molecule has 2 fully saturated rings. The zero-order valence-corrected chi connectivity index (χ0v) is 11.2. The van der Waals surface area contributed by atoms with Gasteiger partial charge < -0.3 is 24.4 Å². The maximum absolute atomic E-state index is 10.1. The molecule has 2 N–H and O–H groups in total. The molecule has 0 aliphatic carbocycles. The smallest absolute Gasteiger partial charge is 0.157 e. The molecule has 5 nitrogen and oxygen atoms in total. The molecule has 0 bridgehead atoms. The SMILES string of the molecule is OC1C[C@H]2OC(CCOCc3ccccc3)[C@@H](O)[C@H]2O1. The van der Waals surface area contributed by atoms with Crippen molar-refractivity contribution in [2.24, 2.45) is 0 Å². The topological polar surface area (TPSA) is 68.2 Å². The molecular formula is C15H20O5. The highest BCUT2D eigenvalue weighted by molar-refractivity contribution is 5.13. The first-order valence-electron chi connectivity index (χ1n) is 7.03. The van der Waals surface area contributed by atoms with Gasteiger partial charge in [-0.3, -0.25) is 0 Å². The van der Waals surface area contributed by atoms with E-state index in [1.165, 1.54) is 0 Å². The molecule has 5 atom stereocenters. The lowest BCUT2D eigenvalue weighted by Gasteiger charge is -2.17. The molecule has 0 amide bonds. The first-order chi connectivity index (χ1) is 9.74. The van der Waals surface area contributed by atoms with Crippen molar-refractivity contribution in [2.45, 2.75) is 50.2 Å². The maximum Gasteiger partial charge on any atom is 0.157 e. The predicted octanol–water partition coefficient (Wildman–Crippen LogP) is 0.829. The van der Waals surface area contributed by atoms with Crippen molar-refractivity contribution in [3.05, 3.63) is 35.9 Å². The fraction of sp³-hybridized carbons (Fsp3) is 0.600. The van der Waals surface area contributed by atoms with Crippen LogP contribution in [0.2, 0.25) is 0 Å². The lowest BCUT2D eigenvalue weighted by atomic mass is 10.1. The van der Waals surface area contributed by atoms with Gasteiger partial charge in [0, 0.05) is 13.0 Å². The first kappa shape index (κ1) is 14.0. The van der Waals surface area contributed by atoms with E-state index in [0.29, 0.717) is 26.1 Å². The minimum absolute atomic E-state index is 0.195. The Kier molecular flexibility index (Phi) is 4.33. The molecule has 0 aromatic heterocycles. The number of benzene rings is 1. The van der Waals surface area contributed by atoms with Crippen LogP contribution in [0, 0.1) is 0 Å². The van der Waals surface area contributed by atoms with Gasteiger partial charge in [0.25, 0.3) is 0 Å². The van der Waals surface area contributed by atoms with E-state index >= 15 is 0 Å². The molecule has 1 aromatic rings. The van der Waals surface area contributed by atoms with E-state index in [2.05, 4.69) is 0 Å². The Morgan fingerprint density at radius 3 is 2.70 bits per heavy atom. The third kappa shape index (κ3) is 3.02. The first-order valence-corrected chi connectivity index (χ1v) is 7.03. The Morgan fingerprint density at radius 1 is 1.15 bits per heavy atom. The van der Waals surface area contributed by atoms with Crippen molar-refractivity contribution < 1.29 is 24.4 Å². The van der Waals surface area contributed by atoms with Gasteiger partial charge in [-0.15, -0.1) is 0 Å². The number of aliphatic hydroxyl groups excluding tert-OH is 2. The van der Waals surface area contributed by atoms with Crippen LogP contribution < -0.4 is 0 Å². The van der Waals surface area contributed by atoms with Crippen LogP contribution >= 0.6 is 0 Å². The van der Waals surface area contributed by atoms with Crippen LogP contribution in [0.1, 0.15) is 18.4 Å². The highest BCUT2D eigenvalue weighted by Crippen LogP contribution is 2.34. The third-order valence-corrected chi connectivity index (χ3v) is 3.84. The molecule has 0 saturated carbocycles. The van der Waals surface area contributed by atoms with E-state index in [1.54, 1.807) is 0 Å². The molecule has 0 radical (unpaired) electrons. The van der Waals surface area contributed by atoms with Crippen molar-refractivity contribution in [1.29, 1.82) is 0 Å². The summed E-state index contributed by atoms with van der Waals surface area (Å²) in [4.78, 5) is 0. The molecule has 5 heteroatoms. The Balaban J connectivity index is 1.40. The second-order valence-electron chi connectivity index (χ2n) is 5.32. The molecule has 1 aromatic carbocycles. The van der Waals surface area contributed by atoms with Gasteiger partial charge >= 0.3 is 0 Å². The highest BCUT2D eigenvalue weighted by atomic mass is 16.7. The van der Waals surface area contributed by atoms with E-state index in [9.17, 15) is 10.2 Å². The van der Waals surface area contributed by atoms with E-state index in [0.717, 1.165) is 5.56 Å². The Labute approximate surface area is 118 Å². The standard InChI is InChI=1S/C15H20O5/c16-13-8-12-15(20-13)14(17)11(19-12)6-7-18-9-10-4-2-1-3-5-10/h1-5,11-17H,6-9H2/t11?,12-,13?,14-,15+/m1/s1. The lowest BCUT2D eigenvalue weighted by Crippen LogP contribution is -2.33. The largest absolute Gasteiger partial charge is 0.388 e. The molecule has 2 aliphatic rings. The summed E-state index contributed by atoms with van der Waals surface area (Å²) in [5.41, 5.74) is 1.13. The number of hydrogen-bond donors (Lipinski definition) is 2. The summed E-state index contributed by atoms with van der Waals surface area (Å²) in [6.07, 6.45) is -1.30. The van der Waals surface area contributed by atoms with Gasteiger partial charge in [-0.05, 0) is 12.0 Å². The van der Waals surface area contributed by atoms with Crippen LogP contribution in [0.4, 0.5) is 0 Å². The fourth-order valence-electron chi connectivity index (χ4n) is 2.81. The van der Waals surface area contributed by atoms with Crippen LogP contribution in [0.3, 0.4) is 0 Å². The van der Waals surface area contributed by atoms with Gasteiger partial charge in [-0.2, -0.15) is 0 Å². The number of aliphatic hydroxyl groups is 2. The molecule has 0 spiro atoms.